The van der Waals surface area contributed by atoms with Crippen LogP contribution in [0.1, 0.15) is 35.1 Å². The summed E-state index contributed by atoms with van der Waals surface area (Å²) >= 11 is 0. The summed E-state index contributed by atoms with van der Waals surface area (Å²) in [7, 11) is 0. The number of hydrogen-bond acceptors (Lipinski definition) is 4. The molecule has 0 fully saturated rings. The number of hydrogen-bond donors (Lipinski definition) is 1. The monoisotopic (exact) mass is 348 g/mol. The molecule has 0 bridgehead atoms. The van der Waals surface area contributed by atoms with Gasteiger partial charge in [0.05, 0.1) is 18.1 Å². The number of fused-ring (bicyclic) bond motifs is 1. The number of anilines is 1. The molecular weight excluding hydrogens is 328 g/mol. The Morgan fingerprint density at radius 3 is 2.69 bits per heavy atom. The molecule has 1 amide bonds. The molecule has 0 aromatic heterocycles. The summed E-state index contributed by atoms with van der Waals surface area (Å²) in [6.07, 6.45) is 4.73. The van der Waals surface area contributed by atoms with Crippen LogP contribution in [0.25, 0.3) is 0 Å². The van der Waals surface area contributed by atoms with Crippen molar-refractivity contribution in [3.05, 3.63) is 64.7 Å². The topological polar surface area (TPSA) is 79.2 Å². The lowest BCUT2D eigenvalue weighted by Crippen LogP contribution is -2.21. The average molecular weight is 348 g/mol. The Labute approximate surface area is 152 Å². The molecule has 5 nitrogen and oxygen atoms in total. The molecule has 0 radical (unpaired) electrons. The van der Waals surface area contributed by atoms with Gasteiger partial charge in [0, 0.05) is 5.69 Å². The van der Waals surface area contributed by atoms with Crippen molar-refractivity contribution in [3.8, 4) is 6.07 Å². The molecule has 0 atom stereocenters. The Bertz CT molecular complexity index is 868. The number of rotatable bonds is 5. The normalized spacial score (nSPS) is 12.6. The predicted octanol–water partition coefficient (Wildman–Crippen LogP) is 3.16. The Morgan fingerprint density at radius 2 is 1.88 bits per heavy atom. The van der Waals surface area contributed by atoms with Crippen LogP contribution in [0.3, 0.4) is 0 Å². The second-order valence-corrected chi connectivity index (χ2v) is 6.39. The quantitative estimate of drug-likeness (QED) is 0.842. The van der Waals surface area contributed by atoms with Crippen molar-refractivity contribution in [1.29, 1.82) is 5.26 Å². The number of carbonyl (C=O) groups is 2. The van der Waals surface area contributed by atoms with Crippen LogP contribution in [0.15, 0.2) is 42.5 Å². The summed E-state index contributed by atoms with van der Waals surface area (Å²) < 4.78 is 5.06. The minimum Gasteiger partial charge on any atom is -0.455 e. The van der Waals surface area contributed by atoms with Gasteiger partial charge < -0.3 is 10.1 Å². The molecule has 2 aromatic carbocycles. The molecule has 0 aliphatic heterocycles. The van der Waals surface area contributed by atoms with Crippen LogP contribution in [0.4, 0.5) is 5.69 Å². The minimum absolute atomic E-state index is 0.157. The molecule has 0 unspecified atom stereocenters. The molecule has 2 aromatic rings. The van der Waals surface area contributed by atoms with E-state index < -0.39 is 11.9 Å². The van der Waals surface area contributed by atoms with E-state index in [-0.39, 0.29) is 13.0 Å². The van der Waals surface area contributed by atoms with Gasteiger partial charge in [0.25, 0.3) is 5.91 Å². The first-order chi connectivity index (χ1) is 12.6. The maximum absolute atomic E-state index is 12.0. The van der Waals surface area contributed by atoms with Gasteiger partial charge in [-0.2, -0.15) is 5.26 Å². The predicted molar refractivity (Wildman–Crippen MR) is 97.5 cm³/mol. The third-order valence-corrected chi connectivity index (χ3v) is 4.40. The second-order valence-electron chi connectivity index (χ2n) is 6.39. The van der Waals surface area contributed by atoms with Gasteiger partial charge in [-0.3, -0.25) is 9.59 Å². The highest BCUT2D eigenvalue weighted by atomic mass is 16.5. The highest BCUT2D eigenvalue weighted by Gasteiger charge is 2.13. The number of nitriles is 1. The van der Waals surface area contributed by atoms with Gasteiger partial charge in [-0.25, -0.2) is 0 Å². The summed E-state index contributed by atoms with van der Waals surface area (Å²) in [6, 6.07) is 14.7. The number of aryl methyl sites for hydroxylation is 2. The Kier molecular flexibility index (Phi) is 5.65. The van der Waals surface area contributed by atoms with Crippen LogP contribution in [0, 0.1) is 11.3 Å². The molecule has 0 saturated carbocycles. The fourth-order valence-corrected chi connectivity index (χ4v) is 3.12. The number of amides is 1. The Balaban J connectivity index is 1.49. The van der Waals surface area contributed by atoms with Gasteiger partial charge in [0.1, 0.15) is 0 Å². The lowest BCUT2D eigenvalue weighted by molar-refractivity contribution is -0.146. The van der Waals surface area contributed by atoms with Crippen LogP contribution in [-0.4, -0.2) is 18.5 Å². The summed E-state index contributed by atoms with van der Waals surface area (Å²) in [5.74, 6) is -0.861. The van der Waals surface area contributed by atoms with Gasteiger partial charge >= 0.3 is 5.97 Å². The largest absolute Gasteiger partial charge is 0.455 e. The summed E-state index contributed by atoms with van der Waals surface area (Å²) in [5.41, 5.74) is 4.55. The van der Waals surface area contributed by atoms with Gasteiger partial charge in [-0.05, 0) is 60.6 Å². The van der Waals surface area contributed by atoms with Crippen molar-refractivity contribution >= 4 is 17.6 Å². The fourth-order valence-electron chi connectivity index (χ4n) is 3.12. The van der Waals surface area contributed by atoms with E-state index in [2.05, 4.69) is 17.4 Å². The first kappa shape index (κ1) is 17.7. The zero-order chi connectivity index (χ0) is 18.4. The molecule has 5 heteroatoms. The van der Waals surface area contributed by atoms with Crippen molar-refractivity contribution in [2.45, 2.75) is 32.1 Å². The molecule has 3 rings (SSSR count). The Hall–Kier alpha value is -3.13. The Morgan fingerprint density at radius 1 is 1.08 bits per heavy atom. The molecule has 1 N–H and O–H groups in total. The van der Waals surface area contributed by atoms with Crippen LogP contribution in [-0.2, 0) is 33.6 Å². The van der Waals surface area contributed by atoms with Crippen LogP contribution < -0.4 is 5.32 Å². The molecule has 0 heterocycles. The lowest BCUT2D eigenvalue weighted by atomic mass is 9.90. The highest BCUT2D eigenvalue weighted by Crippen LogP contribution is 2.22. The zero-order valence-electron chi connectivity index (χ0n) is 14.5. The second kappa shape index (κ2) is 8.30. The number of benzene rings is 2. The van der Waals surface area contributed by atoms with E-state index in [1.165, 1.54) is 24.0 Å². The summed E-state index contributed by atoms with van der Waals surface area (Å²) in [4.78, 5) is 23.9. The first-order valence-corrected chi connectivity index (χ1v) is 8.70. The molecule has 132 valence electrons. The smallest absolute Gasteiger partial charge is 0.310 e. The van der Waals surface area contributed by atoms with Crippen LogP contribution >= 0.6 is 0 Å². The van der Waals surface area contributed by atoms with Crippen molar-refractivity contribution in [2.24, 2.45) is 0 Å². The van der Waals surface area contributed by atoms with Gasteiger partial charge in [-0.15, -0.1) is 0 Å². The molecule has 0 saturated heterocycles. The van der Waals surface area contributed by atoms with Crippen molar-refractivity contribution in [1.82, 2.24) is 0 Å². The maximum atomic E-state index is 12.0. The van der Waals surface area contributed by atoms with Crippen molar-refractivity contribution in [3.63, 3.8) is 0 Å². The maximum Gasteiger partial charge on any atom is 0.310 e. The number of ether oxygens (including phenoxy) is 1. The van der Waals surface area contributed by atoms with E-state index >= 15 is 0 Å². The highest BCUT2D eigenvalue weighted by molar-refractivity contribution is 5.93. The lowest BCUT2D eigenvalue weighted by Gasteiger charge is -2.16. The van der Waals surface area contributed by atoms with Crippen molar-refractivity contribution < 1.29 is 14.3 Å². The van der Waals surface area contributed by atoms with E-state index in [1.807, 2.05) is 12.1 Å². The summed E-state index contributed by atoms with van der Waals surface area (Å²) in [6.45, 7) is -0.347. The molecule has 1 aliphatic carbocycles. The van der Waals surface area contributed by atoms with Gasteiger partial charge in [0.15, 0.2) is 6.61 Å². The molecule has 0 spiro atoms. The number of nitrogens with zero attached hydrogens (tertiary/aromatic N) is 1. The molecule has 1 aliphatic rings. The van der Waals surface area contributed by atoms with Crippen molar-refractivity contribution in [2.75, 3.05) is 11.9 Å². The number of esters is 1. The number of nitrogens with one attached hydrogen (secondary N) is 1. The first-order valence-electron chi connectivity index (χ1n) is 8.70. The molecule has 26 heavy (non-hydrogen) atoms. The van der Waals surface area contributed by atoms with Crippen LogP contribution in [0.2, 0.25) is 0 Å². The van der Waals surface area contributed by atoms with Crippen LogP contribution in [0.5, 0.6) is 0 Å². The molecular formula is C21H20N2O3. The third-order valence-electron chi connectivity index (χ3n) is 4.40. The van der Waals surface area contributed by atoms with E-state index in [9.17, 15) is 9.59 Å². The average Bonchev–Trinajstić information content (AvgIpc) is 2.66. The third kappa shape index (κ3) is 4.70. The summed E-state index contributed by atoms with van der Waals surface area (Å²) in [5, 5.41) is 11.5. The van der Waals surface area contributed by atoms with E-state index in [4.69, 9.17) is 10.00 Å². The number of carbonyl (C=O) groups excluding carboxylic acids is 2. The fraction of sp³-hybridized carbons (Fsp3) is 0.286. The SMILES string of the molecule is N#Cc1cccc(NC(=O)COC(=O)Cc2ccc3c(c2)CCCC3)c1. The minimum atomic E-state index is -0.432. The van der Waals surface area contributed by atoms with E-state index in [0.717, 1.165) is 18.4 Å². The van der Waals surface area contributed by atoms with E-state index in [1.54, 1.807) is 24.3 Å². The standard InChI is InChI=1S/C21H20N2O3/c22-13-16-4-3-7-19(11-16)23-20(24)14-26-21(25)12-15-8-9-17-5-1-2-6-18(17)10-15/h3-4,7-11H,1-2,5-6,12,14H2,(H,23,24). The van der Waals surface area contributed by atoms with Gasteiger partial charge in [-0.1, -0.05) is 24.3 Å². The van der Waals surface area contributed by atoms with Gasteiger partial charge in [0.2, 0.25) is 0 Å². The zero-order valence-corrected chi connectivity index (χ0v) is 14.5. The van der Waals surface area contributed by atoms with E-state index in [0.29, 0.717) is 11.3 Å².